The van der Waals surface area contributed by atoms with E-state index in [1.807, 2.05) is 24.3 Å². The van der Waals surface area contributed by atoms with Gasteiger partial charge in [-0.05, 0) is 31.0 Å². The lowest BCUT2D eigenvalue weighted by Crippen LogP contribution is -2.34. The number of likely N-dealkylation sites (tertiary alicyclic amines) is 1. The summed E-state index contributed by atoms with van der Waals surface area (Å²) in [7, 11) is 0. The van der Waals surface area contributed by atoms with Gasteiger partial charge in [-0.2, -0.15) is 5.26 Å². The molecule has 0 aliphatic carbocycles. The number of hydrogen-bond acceptors (Lipinski definition) is 4. The third kappa shape index (κ3) is 3.86. The minimum atomic E-state index is -0.974. The van der Waals surface area contributed by atoms with Crippen LogP contribution in [-0.4, -0.2) is 29.9 Å². The highest BCUT2D eigenvalue weighted by molar-refractivity contribution is 5.93. The number of ether oxygens (including phenoxy) is 1. The van der Waals surface area contributed by atoms with E-state index in [-0.39, 0.29) is 11.5 Å². The molecule has 3 rings (SSSR count). The third-order valence-electron chi connectivity index (χ3n) is 4.20. The number of carbonyl (C=O) groups excluding carboxylic acids is 2. The molecule has 126 valence electrons. The Kier molecular flexibility index (Phi) is 5.10. The average Bonchev–Trinajstić information content (AvgIpc) is 3.21. The van der Waals surface area contributed by atoms with Crippen LogP contribution in [0.15, 0.2) is 54.6 Å². The van der Waals surface area contributed by atoms with Crippen LogP contribution in [0.3, 0.4) is 0 Å². The maximum absolute atomic E-state index is 12.8. The molecule has 2 aromatic carbocycles. The molecule has 1 aliphatic heterocycles. The van der Waals surface area contributed by atoms with Gasteiger partial charge in [-0.15, -0.1) is 0 Å². The van der Waals surface area contributed by atoms with Gasteiger partial charge in [-0.1, -0.05) is 36.4 Å². The summed E-state index contributed by atoms with van der Waals surface area (Å²) in [4.78, 5) is 27.1. The van der Waals surface area contributed by atoms with Gasteiger partial charge in [0.05, 0.1) is 17.2 Å². The molecular weight excluding hydrogens is 316 g/mol. The summed E-state index contributed by atoms with van der Waals surface area (Å²) in [5.74, 6) is -0.813. The van der Waals surface area contributed by atoms with Crippen molar-refractivity contribution in [2.24, 2.45) is 0 Å². The van der Waals surface area contributed by atoms with Crippen molar-refractivity contribution in [1.82, 2.24) is 4.90 Å². The van der Waals surface area contributed by atoms with E-state index in [0.717, 1.165) is 12.8 Å². The van der Waals surface area contributed by atoms with E-state index in [4.69, 9.17) is 10.00 Å². The van der Waals surface area contributed by atoms with Crippen LogP contribution in [0.1, 0.15) is 40.4 Å². The van der Waals surface area contributed by atoms with Crippen molar-refractivity contribution >= 4 is 11.9 Å². The Balaban J connectivity index is 1.85. The van der Waals surface area contributed by atoms with Crippen molar-refractivity contribution < 1.29 is 14.3 Å². The summed E-state index contributed by atoms with van der Waals surface area (Å²) in [5, 5.41) is 8.97. The molecule has 25 heavy (non-hydrogen) atoms. The summed E-state index contributed by atoms with van der Waals surface area (Å²) >= 11 is 0. The molecule has 1 saturated heterocycles. The number of benzene rings is 2. The van der Waals surface area contributed by atoms with E-state index in [1.165, 1.54) is 6.07 Å². The molecule has 0 unspecified atom stereocenters. The van der Waals surface area contributed by atoms with Crippen LogP contribution in [0, 0.1) is 11.3 Å². The van der Waals surface area contributed by atoms with E-state index in [2.05, 4.69) is 0 Å². The molecule has 5 nitrogen and oxygen atoms in total. The van der Waals surface area contributed by atoms with Gasteiger partial charge in [0.15, 0.2) is 0 Å². The van der Waals surface area contributed by atoms with Gasteiger partial charge in [-0.3, -0.25) is 4.79 Å². The van der Waals surface area contributed by atoms with Crippen molar-refractivity contribution in [2.45, 2.75) is 18.9 Å². The largest absolute Gasteiger partial charge is 0.444 e. The quantitative estimate of drug-likeness (QED) is 0.806. The van der Waals surface area contributed by atoms with Gasteiger partial charge in [0, 0.05) is 18.7 Å². The van der Waals surface area contributed by atoms with Gasteiger partial charge in [-0.25, -0.2) is 4.79 Å². The first-order valence-corrected chi connectivity index (χ1v) is 8.24. The van der Waals surface area contributed by atoms with Crippen molar-refractivity contribution in [3.63, 3.8) is 0 Å². The van der Waals surface area contributed by atoms with Crippen molar-refractivity contribution in [3.8, 4) is 6.07 Å². The predicted molar refractivity (Wildman–Crippen MR) is 91.6 cm³/mol. The highest BCUT2D eigenvalue weighted by atomic mass is 16.5. The monoisotopic (exact) mass is 334 g/mol. The van der Waals surface area contributed by atoms with Crippen LogP contribution in [-0.2, 0) is 9.53 Å². The SMILES string of the molecule is N#Cc1cccc(C(=O)O[C@H](C(=O)N2CCCC2)c2ccccc2)c1. The van der Waals surface area contributed by atoms with Crippen molar-refractivity contribution in [3.05, 3.63) is 71.3 Å². The second-order valence-electron chi connectivity index (χ2n) is 5.92. The Hall–Kier alpha value is -3.13. The summed E-state index contributed by atoms with van der Waals surface area (Å²) in [6.45, 7) is 1.37. The maximum Gasteiger partial charge on any atom is 0.339 e. The zero-order chi connectivity index (χ0) is 17.6. The third-order valence-corrected chi connectivity index (χ3v) is 4.20. The maximum atomic E-state index is 12.8. The van der Waals surface area contributed by atoms with Crippen LogP contribution in [0.5, 0.6) is 0 Å². The first kappa shape index (κ1) is 16.7. The number of nitriles is 1. The van der Waals surface area contributed by atoms with Gasteiger partial charge in [0.1, 0.15) is 0 Å². The standard InChI is InChI=1S/C20H18N2O3/c21-14-15-7-6-10-17(13-15)20(24)25-18(16-8-2-1-3-9-16)19(23)22-11-4-5-12-22/h1-3,6-10,13,18H,4-5,11-12H2/t18-/m0/s1. The summed E-state index contributed by atoms with van der Waals surface area (Å²) in [6.07, 6.45) is 0.953. The fourth-order valence-corrected chi connectivity index (χ4v) is 2.88. The minimum Gasteiger partial charge on any atom is -0.444 e. The molecule has 2 aromatic rings. The highest BCUT2D eigenvalue weighted by Crippen LogP contribution is 2.24. The molecule has 0 spiro atoms. The molecule has 0 aromatic heterocycles. The minimum absolute atomic E-state index is 0.200. The fraction of sp³-hybridized carbons (Fsp3) is 0.250. The second kappa shape index (κ2) is 7.63. The lowest BCUT2D eigenvalue weighted by molar-refractivity contribution is -0.140. The van der Waals surface area contributed by atoms with Crippen LogP contribution < -0.4 is 0 Å². The summed E-state index contributed by atoms with van der Waals surface area (Å²) in [5.41, 5.74) is 1.27. The smallest absolute Gasteiger partial charge is 0.339 e. The first-order valence-electron chi connectivity index (χ1n) is 8.24. The molecule has 5 heteroatoms. The summed E-state index contributed by atoms with van der Waals surface area (Å²) in [6, 6.07) is 17.3. The molecule has 0 radical (unpaired) electrons. The Morgan fingerprint density at radius 3 is 2.44 bits per heavy atom. The van der Waals surface area contributed by atoms with E-state index in [9.17, 15) is 9.59 Å². The van der Waals surface area contributed by atoms with E-state index >= 15 is 0 Å². The fourth-order valence-electron chi connectivity index (χ4n) is 2.88. The van der Waals surface area contributed by atoms with E-state index in [1.54, 1.807) is 35.2 Å². The van der Waals surface area contributed by atoms with E-state index < -0.39 is 12.1 Å². The molecule has 0 bridgehead atoms. The Morgan fingerprint density at radius 1 is 1.04 bits per heavy atom. The average molecular weight is 334 g/mol. The zero-order valence-corrected chi connectivity index (χ0v) is 13.7. The lowest BCUT2D eigenvalue weighted by atomic mass is 10.1. The molecule has 1 amide bonds. The molecule has 1 atom stereocenters. The molecular formula is C20H18N2O3. The molecule has 0 N–H and O–H groups in total. The van der Waals surface area contributed by atoms with Crippen molar-refractivity contribution in [2.75, 3.05) is 13.1 Å². The second-order valence-corrected chi connectivity index (χ2v) is 5.92. The first-order chi connectivity index (χ1) is 12.2. The van der Waals surface area contributed by atoms with Crippen LogP contribution in [0.25, 0.3) is 0 Å². The van der Waals surface area contributed by atoms with Gasteiger partial charge >= 0.3 is 5.97 Å². The van der Waals surface area contributed by atoms with Crippen LogP contribution in [0.4, 0.5) is 0 Å². The normalized spacial score (nSPS) is 14.6. The number of hydrogen-bond donors (Lipinski definition) is 0. The molecule has 0 saturated carbocycles. The van der Waals surface area contributed by atoms with Gasteiger partial charge in [0.25, 0.3) is 5.91 Å². The zero-order valence-electron chi connectivity index (χ0n) is 13.7. The number of rotatable bonds is 4. The topological polar surface area (TPSA) is 70.4 Å². The predicted octanol–water partition coefficient (Wildman–Crippen LogP) is 3.08. The van der Waals surface area contributed by atoms with Gasteiger partial charge < -0.3 is 9.64 Å². The van der Waals surface area contributed by atoms with Gasteiger partial charge in [0.2, 0.25) is 6.10 Å². The molecule has 1 fully saturated rings. The Morgan fingerprint density at radius 2 is 1.76 bits per heavy atom. The molecule has 1 aliphatic rings. The number of nitrogens with zero attached hydrogens (tertiary/aromatic N) is 2. The van der Waals surface area contributed by atoms with Crippen LogP contribution in [0.2, 0.25) is 0 Å². The molecule has 1 heterocycles. The Labute approximate surface area is 146 Å². The van der Waals surface area contributed by atoms with E-state index in [0.29, 0.717) is 24.2 Å². The summed E-state index contributed by atoms with van der Waals surface area (Å²) < 4.78 is 5.56. The lowest BCUT2D eigenvalue weighted by Gasteiger charge is -2.23. The number of esters is 1. The number of amides is 1. The van der Waals surface area contributed by atoms with Crippen molar-refractivity contribution in [1.29, 1.82) is 5.26 Å². The Bertz CT molecular complexity index is 805. The highest BCUT2D eigenvalue weighted by Gasteiger charge is 2.31. The van der Waals surface area contributed by atoms with Crippen LogP contribution >= 0.6 is 0 Å². The number of carbonyl (C=O) groups is 2.